The number of benzene rings is 1. The lowest BCUT2D eigenvalue weighted by molar-refractivity contribution is -0.138. The van der Waals surface area contributed by atoms with Gasteiger partial charge in [0.25, 0.3) is 0 Å². The van der Waals surface area contributed by atoms with Crippen molar-refractivity contribution in [2.45, 2.75) is 33.2 Å². The van der Waals surface area contributed by atoms with Crippen LogP contribution in [0.1, 0.15) is 27.2 Å². The summed E-state index contributed by atoms with van der Waals surface area (Å²) >= 11 is 0. The molecule has 110 valence electrons. The molecule has 0 bridgehead atoms. The number of amides is 2. The average Bonchev–Trinajstić information content (AvgIpc) is 2.29. The summed E-state index contributed by atoms with van der Waals surface area (Å²) in [5.74, 6) is -0.954. The van der Waals surface area contributed by atoms with Gasteiger partial charge >= 0.3 is 12.0 Å². The first-order chi connectivity index (χ1) is 9.20. The number of nitrogens with two attached hydrogens (primary N) is 1. The first-order valence-corrected chi connectivity index (χ1v) is 6.34. The molecule has 0 aliphatic heterocycles. The summed E-state index contributed by atoms with van der Waals surface area (Å²) in [5.41, 5.74) is 6.31. The second kappa shape index (κ2) is 6.27. The molecule has 5 N–H and O–H groups in total. The Morgan fingerprint density at radius 1 is 1.30 bits per heavy atom. The summed E-state index contributed by atoms with van der Waals surface area (Å²) < 4.78 is 0. The maximum atomic E-state index is 11.9. The van der Waals surface area contributed by atoms with Crippen molar-refractivity contribution in [3.63, 3.8) is 0 Å². The molecule has 0 aromatic heterocycles. The van der Waals surface area contributed by atoms with E-state index in [4.69, 9.17) is 10.8 Å². The number of aliphatic carboxylic acids is 1. The van der Waals surface area contributed by atoms with E-state index in [-0.39, 0.29) is 11.8 Å². The first kappa shape index (κ1) is 15.8. The molecular formula is C14H21N3O3. The summed E-state index contributed by atoms with van der Waals surface area (Å²) in [6.07, 6.45) is -0.138. The van der Waals surface area contributed by atoms with Gasteiger partial charge in [-0.3, -0.25) is 4.79 Å². The zero-order valence-electron chi connectivity index (χ0n) is 11.9. The van der Waals surface area contributed by atoms with E-state index in [0.29, 0.717) is 11.4 Å². The number of rotatable bonds is 4. The monoisotopic (exact) mass is 279 g/mol. The van der Waals surface area contributed by atoms with Gasteiger partial charge in [0, 0.05) is 6.04 Å². The second-order valence-electron chi connectivity index (χ2n) is 5.70. The Balaban J connectivity index is 2.72. The quantitative estimate of drug-likeness (QED) is 0.634. The lowest BCUT2D eigenvalue weighted by atomic mass is 9.85. The minimum Gasteiger partial charge on any atom is -0.481 e. The minimum atomic E-state index is -0.954. The highest BCUT2D eigenvalue weighted by molar-refractivity contribution is 5.92. The Morgan fingerprint density at radius 3 is 2.40 bits per heavy atom. The van der Waals surface area contributed by atoms with E-state index in [9.17, 15) is 9.59 Å². The topological polar surface area (TPSA) is 104 Å². The van der Waals surface area contributed by atoms with Crippen molar-refractivity contribution < 1.29 is 14.7 Å². The number of hydrogen-bond donors (Lipinski definition) is 4. The van der Waals surface area contributed by atoms with E-state index in [1.54, 1.807) is 24.3 Å². The zero-order valence-corrected chi connectivity index (χ0v) is 11.9. The number of carbonyl (C=O) groups excluding carboxylic acids is 1. The molecular weight excluding hydrogens is 258 g/mol. The molecule has 0 radical (unpaired) electrons. The highest BCUT2D eigenvalue weighted by Crippen LogP contribution is 2.22. The summed E-state index contributed by atoms with van der Waals surface area (Å²) in [4.78, 5) is 22.8. The Morgan fingerprint density at radius 2 is 1.90 bits per heavy atom. The predicted octanol–water partition coefficient (Wildman–Crippen LogP) is 2.28. The largest absolute Gasteiger partial charge is 0.481 e. The van der Waals surface area contributed by atoms with E-state index < -0.39 is 18.0 Å². The third kappa shape index (κ3) is 4.79. The molecule has 1 rings (SSSR count). The number of para-hydroxylation sites is 2. The molecule has 6 heteroatoms. The molecule has 20 heavy (non-hydrogen) atoms. The van der Waals surface area contributed by atoms with Crippen LogP contribution in [0.5, 0.6) is 0 Å². The van der Waals surface area contributed by atoms with Crippen molar-refractivity contribution in [3.05, 3.63) is 24.3 Å². The Kier molecular flexibility index (Phi) is 4.96. The number of hydrogen-bond acceptors (Lipinski definition) is 3. The van der Waals surface area contributed by atoms with Crippen LogP contribution in [-0.2, 0) is 4.79 Å². The van der Waals surface area contributed by atoms with Crippen LogP contribution in [0.15, 0.2) is 24.3 Å². The van der Waals surface area contributed by atoms with Crippen molar-refractivity contribution in [2.24, 2.45) is 5.41 Å². The van der Waals surface area contributed by atoms with E-state index in [1.165, 1.54) is 0 Å². The van der Waals surface area contributed by atoms with E-state index in [0.717, 1.165) is 0 Å². The molecule has 0 saturated heterocycles. The first-order valence-electron chi connectivity index (χ1n) is 6.34. The van der Waals surface area contributed by atoms with Crippen molar-refractivity contribution in [2.75, 3.05) is 11.1 Å². The van der Waals surface area contributed by atoms with Gasteiger partial charge in [0.05, 0.1) is 17.8 Å². The molecule has 2 amide bonds. The summed E-state index contributed by atoms with van der Waals surface area (Å²) in [7, 11) is 0. The van der Waals surface area contributed by atoms with Gasteiger partial charge in [0.15, 0.2) is 0 Å². The van der Waals surface area contributed by atoms with Gasteiger partial charge in [-0.25, -0.2) is 4.79 Å². The molecule has 0 aliphatic carbocycles. The van der Waals surface area contributed by atoms with Gasteiger partial charge in [-0.1, -0.05) is 32.9 Å². The van der Waals surface area contributed by atoms with Gasteiger partial charge in [-0.2, -0.15) is 0 Å². The smallest absolute Gasteiger partial charge is 0.319 e. The Hall–Kier alpha value is -2.24. The number of anilines is 2. The van der Waals surface area contributed by atoms with Crippen LogP contribution < -0.4 is 16.4 Å². The average molecular weight is 279 g/mol. The lowest BCUT2D eigenvalue weighted by Gasteiger charge is -2.30. The van der Waals surface area contributed by atoms with Gasteiger partial charge in [-0.05, 0) is 17.5 Å². The summed E-state index contributed by atoms with van der Waals surface area (Å²) in [5, 5.41) is 14.2. The normalized spacial score (nSPS) is 12.6. The molecule has 0 aliphatic rings. The highest BCUT2D eigenvalue weighted by Gasteiger charge is 2.28. The van der Waals surface area contributed by atoms with Gasteiger partial charge < -0.3 is 21.5 Å². The lowest BCUT2D eigenvalue weighted by Crippen LogP contribution is -2.46. The van der Waals surface area contributed by atoms with Gasteiger partial charge in [-0.15, -0.1) is 0 Å². The van der Waals surface area contributed by atoms with Crippen LogP contribution in [0.4, 0.5) is 16.2 Å². The molecule has 0 heterocycles. The van der Waals surface area contributed by atoms with Crippen molar-refractivity contribution in [1.82, 2.24) is 5.32 Å². The van der Waals surface area contributed by atoms with Crippen LogP contribution in [-0.4, -0.2) is 23.1 Å². The molecule has 1 aromatic rings. The molecule has 0 spiro atoms. The SMILES string of the molecule is CC(C)(C)C(CC(=O)O)NC(=O)Nc1ccccc1N. The van der Waals surface area contributed by atoms with Gasteiger partial charge in [0.2, 0.25) is 0 Å². The number of nitrogens with one attached hydrogen (secondary N) is 2. The standard InChI is InChI=1S/C14H21N3O3/c1-14(2,3)11(8-12(18)19)17-13(20)16-10-7-5-4-6-9(10)15/h4-7,11H,8,15H2,1-3H3,(H,18,19)(H2,16,17,20). The molecule has 1 atom stereocenters. The fourth-order valence-corrected chi connectivity index (χ4v) is 1.68. The second-order valence-corrected chi connectivity index (χ2v) is 5.70. The number of carboxylic acids is 1. The number of carboxylic acid groups (broad SMARTS) is 1. The van der Waals surface area contributed by atoms with Crippen LogP contribution >= 0.6 is 0 Å². The van der Waals surface area contributed by atoms with E-state index >= 15 is 0 Å². The number of nitrogen functional groups attached to an aromatic ring is 1. The number of carbonyl (C=O) groups is 2. The molecule has 1 unspecified atom stereocenters. The van der Waals surface area contributed by atoms with Crippen LogP contribution in [0.25, 0.3) is 0 Å². The predicted molar refractivity (Wildman–Crippen MR) is 78.5 cm³/mol. The Bertz CT molecular complexity index is 495. The number of urea groups is 1. The molecule has 0 saturated carbocycles. The highest BCUT2D eigenvalue weighted by atomic mass is 16.4. The van der Waals surface area contributed by atoms with E-state index in [2.05, 4.69) is 10.6 Å². The van der Waals surface area contributed by atoms with Crippen molar-refractivity contribution in [3.8, 4) is 0 Å². The summed E-state index contributed by atoms with van der Waals surface area (Å²) in [6.45, 7) is 5.62. The zero-order chi connectivity index (χ0) is 15.3. The molecule has 6 nitrogen and oxygen atoms in total. The van der Waals surface area contributed by atoms with Crippen molar-refractivity contribution >= 4 is 23.4 Å². The van der Waals surface area contributed by atoms with Crippen LogP contribution in [0.3, 0.4) is 0 Å². The van der Waals surface area contributed by atoms with Crippen molar-refractivity contribution in [1.29, 1.82) is 0 Å². The summed E-state index contributed by atoms with van der Waals surface area (Å²) in [6, 6.07) is 5.92. The van der Waals surface area contributed by atoms with Crippen LogP contribution in [0, 0.1) is 5.41 Å². The third-order valence-electron chi connectivity index (χ3n) is 2.94. The van der Waals surface area contributed by atoms with E-state index in [1.807, 2.05) is 20.8 Å². The van der Waals surface area contributed by atoms with Gasteiger partial charge in [0.1, 0.15) is 0 Å². The molecule has 1 aromatic carbocycles. The Labute approximate surface area is 118 Å². The fraction of sp³-hybridized carbons (Fsp3) is 0.429. The molecule has 0 fully saturated rings. The maximum Gasteiger partial charge on any atom is 0.319 e. The maximum absolute atomic E-state index is 11.9. The fourth-order valence-electron chi connectivity index (χ4n) is 1.68. The third-order valence-corrected chi connectivity index (χ3v) is 2.94. The minimum absolute atomic E-state index is 0.138. The van der Waals surface area contributed by atoms with Crippen LogP contribution in [0.2, 0.25) is 0 Å².